The zero-order valence-corrected chi connectivity index (χ0v) is 17.4. The first-order valence-electron chi connectivity index (χ1n) is 10.4. The van der Waals surface area contributed by atoms with Crippen LogP contribution < -0.4 is 15.4 Å². The van der Waals surface area contributed by atoms with E-state index in [0.29, 0.717) is 22.8 Å². The van der Waals surface area contributed by atoms with Crippen LogP contribution in [0.2, 0.25) is 0 Å². The van der Waals surface area contributed by atoms with Gasteiger partial charge in [-0.25, -0.2) is 0 Å². The van der Waals surface area contributed by atoms with Gasteiger partial charge in [-0.1, -0.05) is 36.2 Å². The summed E-state index contributed by atoms with van der Waals surface area (Å²) < 4.78 is 10.9. The predicted molar refractivity (Wildman–Crippen MR) is 116 cm³/mol. The Labute approximate surface area is 180 Å². The van der Waals surface area contributed by atoms with Crippen LogP contribution in [0.5, 0.6) is 5.75 Å². The molecular weight excluding hydrogens is 394 g/mol. The zero-order chi connectivity index (χ0) is 21.6. The summed E-state index contributed by atoms with van der Waals surface area (Å²) in [5, 5.41) is 9.70. The molecule has 7 heteroatoms. The number of nitrogens with one attached hydrogen (secondary N) is 2. The van der Waals surface area contributed by atoms with Gasteiger partial charge in [-0.15, -0.1) is 0 Å². The van der Waals surface area contributed by atoms with E-state index in [-0.39, 0.29) is 30.2 Å². The molecule has 2 aromatic carbocycles. The molecule has 1 saturated carbocycles. The first kappa shape index (κ1) is 20.7. The van der Waals surface area contributed by atoms with Crippen molar-refractivity contribution in [2.45, 2.75) is 45.3 Å². The maximum atomic E-state index is 12.4. The summed E-state index contributed by atoms with van der Waals surface area (Å²) in [4.78, 5) is 24.6. The highest BCUT2D eigenvalue weighted by atomic mass is 16.5. The lowest BCUT2D eigenvalue weighted by molar-refractivity contribution is 0.0927. The number of nitrogens with zero attached hydrogens (tertiary/aromatic N) is 1. The molecule has 160 valence electrons. The molecule has 4 rings (SSSR count). The van der Waals surface area contributed by atoms with Crippen molar-refractivity contribution in [3.8, 4) is 5.75 Å². The Balaban J connectivity index is 1.28. The molecule has 0 aliphatic heterocycles. The molecule has 7 nitrogen and oxygen atoms in total. The minimum atomic E-state index is -0.212. The Bertz CT molecular complexity index is 1050. The quantitative estimate of drug-likeness (QED) is 0.589. The minimum Gasteiger partial charge on any atom is -0.486 e. The fourth-order valence-electron chi connectivity index (χ4n) is 3.63. The predicted octanol–water partition coefficient (Wildman–Crippen LogP) is 4.49. The van der Waals surface area contributed by atoms with Crippen LogP contribution in [-0.4, -0.2) is 23.0 Å². The second kappa shape index (κ2) is 9.47. The molecule has 31 heavy (non-hydrogen) atoms. The second-order valence-corrected chi connectivity index (χ2v) is 7.72. The third-order valence-electron chi connectivity index (χ3n) is 5.36. The van der Waals surface area contributed by atoms with Crippen molar-refractivity contribution in [3.63, 3.8) is 0 Å². The molecule has 0 atom stereocenters. The van der Waals surface area contributed by atoms with Crippen molar-refractivity contribution in [2.24, 2.45) is 0 Å². The SMILES string of the molecule is Cc1ccccc1C(=O)Nc1ccc(OCc2cc(C(=O)NC3CCCC3)no2)cc1. The molecule has 0 saturated heterocycles. The maximum absolute atomic E-state index is 12.4. The molecule has 1 aliphatic carbocycles. The van der Waals surface area contributed by atoms with Gasteiger partial charge >= 0.3 is 0 Å². The number of ether oxygens (including phenoxy) is 1. The van der Waals surface area contributed by atoms with Gasteiger partial charge in [0.05, 0.1) is 0 Å². The number of aryl methyl sites for hydroxylation is 1. The van der Waals surface area contributed by atoms with E-state index in [1.807, 2.05) is 25.1 Å². The van der Waals surface area contributed by atoms with Crippen LogP contribution in [0.4, 0.5) is 5.69 Å². The topological polar surface area (TPSA) is 93.5 Å². The van der Waals surface area contributed by atoms with E-state index >= 15 is 0 Å². The Morgan fingerprint density at radius 3 is 2.55 bits per heavy atom. The van der Waals surface area contributed by atoms with Crippen molar-refractivity contribution in [2.75, 3.05) is 5.32 Å². The number of benzene rings is 2. The van der Waals surface area contributed by atoms with E-state index in [4.69, 9.17) is 9.26 Å². The second-order valence-electron chi connectivity index (χ2n) is 7.72. The molecule has 1 fully saturated rings. The van der Waals surface area contributed by atoms with Crippen LogP contribution in [0.25, 0.3) is 0 Å². The Hall–Kier alpha value is -3.61. The minimum absolute atomic E-state index is 0.151. The number of rotatable bonds is 7. The van der Waals surface area contributed by atoms with Gasteiger partial charge in [0.15, 0.2) is 11.5 Å². The highest BCUT2D eigenvalue weighted by Gasteiger charge is 2.20. The molecule has 0 unspecified atom stereocenters. The van der Waals surface area contributed by atoms with Crippen LogP contribution in [0.3, 0.4) is 0 Å². The maximum Gasteiger partial charge on any atom is 0.273 e. The number of anilines is 1. The van der Waals surface area contributed by atoms with Crippen molar-refractivity contribution >= 4 is 17.5 Å². The number of carbonyl (C=O) groups excluding carboxylic acids is 2. The first-order chi connectivity index (χ1) is 15.1. The van der Waals surface area contributed by atoms with E-state index in [0.717, 1.165) is 31.2 Å². The van der Waals surface area contributed by atoms with E-state index < -0.39 is 0 Å². The molecule has 1 heterocycles. The first-order valence-corrected chi connectivity index (χ1v) is 10.4. The molecule has 0 bridgehead atoms. The van der Waals surface area contributed by atoms with E-state index in [1.54, 1.807) is 36.4 Å². The Morgan fingerprint density at radius 1 is 1.06 bits per heavy atom. The number of amides is 2. The third-order valence-corrected chi connectivity index (χ3v) is 5.36. The van der Waals surface area contributed by atoms with Gasteiger partial charge in [0, 0.05) is 23.4 Å². The number of carbonyl (C=O) groups is 2. The Morgan fingerprint density at radius 2 is 1.81 bits per heavy atom. The lowest BCUT2D eigenvalue weighted by Gasteiger charge is -2.09. The lowest BCUT2D eigenvalue weighted by Crippen LogP contribution is -2.32. The average molecular weight is 419 g/mol. The van der Waals surface area contributed by atoms with Crippen LogP contribution in [0, 0.1) is 6.92 Å². The fraction of sp³-hybridized carbons (Fsp3) is 0.292. The normalized spacial score (nSPS) is 13.7. The number of hydrogen-bond donors (Lipinski definition) is 2. The van der Waals surface area contributed by atoms with E-state index in [9.17, 15) is 9.59 Å². The molecule has 1 aromatic heterocycles. The standard InChI is InChI=1S/C24H25N3O4/c1-16-6-2-5-9-21(16)23(28)25-18-10-12-19(13-11-18)30-15-20-14-22(27-31-20)24(29)26-17-7-3-4-8-17/h2,5-6,9-14,17H,3-4,7-8,15H2,1H3,(H,25,28)(H,26,29). The summed E-state index contributed by atoms with van der Waals surface area (Å²) in [5.41, 5.74) is 2.50. The van der Waals surface area contributed by atoms with E-state index in [1.165, 1.54) is 0 Å². The van der Waals surface area contributed by atoms with Crippen LogP contribution >= 0.6 is 0 Å². The summed E-state index contributed by atoms with van der Waals surface area (Å²) in [5.74, 6) is 0.711. The average Bonchev–Trinajstić information content (AvgIpc) is 3.46. The summed E-state index contributed by atoms with van der Waals surface area (Å²) >= 11 is 0. The summed E-state index contributed by atoms with van der Waals surface area (Å²) in [6.07, 6.45) is 4.33. The van der Waals surface area contributed by atoms with Crippen LogP contribution in [0.1, 0.15) is 57.9 Å². The largest absolute Gasteiger partial charge is 0.486 e. The Kier molecular flexibility index (Phi) is 6.31. The van der Waals surface area contributed by atoms with E-state index in [2.05, 4.69) is 15.8 Å². The number of aromatic nitrogens is 1. The monoisotopic (exact) mass is 419 g/mol. The van der Waals surface area contributed by atoms with Crippen LogP contribution in [-0.2, 0) is 6.61 Å². The van der Waals surface area contributed by atoms with Crippen molar-refractivity contribution in [1.29, 1.82) is 0 Å². The van der Waals surface area contributed by atoms with Crippen LogP contribution in [0.15, 0.2) is 59.1 Å². The summed E-state index contributed by atoms with van der Waals surface area (Å²) in [6, 6.07) is 16.3. The van der Waals surface area contributed by atoms with Gasteiger partial charge in [-0.3, -0.25) is 9.59 Å². The molecule has 2 amide bonds. The highest BCUT2D eigenvalue weighted by molar-refractivity contribution is 6.05. The smallest absolute Gasteiger partial charge is 0.273 e. The molecule has 2 N–H and O–H groups in total. The number of hydrogen-bond acceptors (Lipinski definition) is 5. The van der Waals surface area contributed by atoms with Gasteiger partial charge in [-0.2, -0.15) is 0 Å². The van der Waals surface area contributed by atoms with Gasteiger partial charge in [0.1, 0.15) is 12.4 Å². The molecular formula is C24H25N3O4. The van der Waals surface area contributed by atoms with Crippen molar-refractivity contribution < 1.29 is 18.8 Å². The third kappa shape index (κ3) is 5.31. The fourth-order valence-corrected chi connectivity index (χ4v) is 3.63. The molecule has 3 aromatic rings. The lowest BCUT2D eigenvalue weighted by atomic mass is 10.1. The van der Waals surface area contributed by atoms with Gasteiger partial charge in [0.2, 0.25) is 0 Å². The van der Waals surface area contributed by atoms with Gasteiger partial charge < -0.3 is 19.9 Å². The molecule has 0 radical (unpaired) electrons. The molecule has 1 aliphatic rings. The molecule has 0 spiro atoms. The zero-order valence-electron chi connectivity index (χ0n) is 17.4. The van der Waals surface area contributed by atoms with Crippen molar-refractivity contribution in [1.82, 2.24) is 10.5 Å². The highest BCUT2D eigenvalue weighted by Crippen LogP contribution is 2.20. The van der Waals surface area contributed by atoms with Gasteiger partial charge in [-0.05, 0) is 55.7 Å². The van der Waals surface area contributed by atoms with Gasteiger partial charge in [0.25, 0.3) is 11.8 Å². The van der Waals surface area contributed by atoms with Crippen molar-refractivity contribution in [3.05, 3.63) is 77.2 Å². The summed E-state index contributed by atoms with van der Waals surface area (Å²) in [6.45, 7) is 2.05. The summed E-state index contributed by atoms with van der Waals surface area (Å²) in [7, 11) is 0.